The standard InChI is InChI=1S/C16H21N3O/c1-3-4-5-12-6-8-14(9-7-12)18-16(20)15-10-13(17)11-19(15)2/h6-11H,3-5,17H2,1-2H3,(H,18,20). The number of nitrogens with two attached hydrogens (primary N) is 1. The van der Waals surface area contributed by atoms with Crippen LogP contribution in [0.4, 0.5) is 11.4 Å². The van der Waals surface area contributed by atoms with Crippen molar-refractivity contribution in [2.45, 2.75) is 26.2 Å². The molecular weight excluding hydrogens is 250 g/mol. The zero-order chi connectivity index (χ0) is 14.5. The zero-order valence-electron chi connectivity index (χ0n) is 12.0. The van der Waals surface area contributed by atoms with Gasteiger partial charge in [0.05, 0.1) is 5.69 Å². The number of aryl methyl sites for hydroxylation is 2. The molecule has 3 N–H and O–H groups in total. The van der Waals surface area contributed by atoms with Crippen molar-refractivity contribution >= 4 is 17.3 Å². The van der Waals surface area contributed by atoms with E-state index >= 15 is 0 Å². The number of aromatic nitrogens is 1. The number of unbranched alkanes of at least 4 members (excludes halogenated alkanes) is 1. The molecule has 0 radical (unpaired) electrons. The number of benzene rings is 1. The smallest absolute Gasteiger partial charge is 0.272 e. The molecular formula is C16H21N3O. The Balaban J connectivity index is 2.02. The van der Waals surface area contributed by atoms with Crippen molar-refractivity contribution in [3.05, 3.63) is 47.8 Å². The fourth-order valence-electron chi connectivity index (χ4n) is 2.15. The van der Waals surface area contributed by atoms with Gasteiger partial charge in [0.2, 0.25) is 0 Å². The Morgan fingerprint density at radius 1 is 1.30 bits per heavy atom. The van der Waals surface area contributed by atoms with E-state index in [4.69, 9.17) is 5.73 Å². The summed E-state index contributed by atoms with van der Waals surface area (Å²) in [6.45, 7) is 2.18. The predicted molar refractivity (Wildman–Crippen MR) is 82.8 cm³/mol. The van der Waals surface area contributed by atoms with Gasteiger partial charge >= 0.3 is 0 Å². The van der Waals surface area contributed by atoms with E-state index in [2.05, 4.69) is 24.4 Å². The van der Waals surface area contributed by atoms with E-state index in [1.807, 2.05) is 12.1 Å². The summed E-state index contributed by atoms with van der Waals surface area (Å²) in [7, 11) is 1.80. The first kappa shape index (κ1) is 14.2. The summed E-state index contributed by atoms with van der Waals surface area (Å²) in [6, 6.07) is 9.67. The molecule has 1 aromatic heterocycles. The third-order valence-electron chi connectivity index (χ3n) is 3.29. The second kappa shape index (κ2) is 6.28. The fraction of sp³-hybridized carbons (Fsp3) is 0.312. The molecule has 0 aliphatic carbocycles. The van der Waals surface area contributed by atoms with Gasteiger partial charge in [-0.2, -0.15) is 0 Å². The van der Waals surface area contributed by atoms with Crippen LogP contribution in [0.5, 0.6) is 0 Å². The highest BCUT2D eigenvalue weighted by atomic mass is 16.1. The highest BCUT2D eigenvalue weighted by molar-refractivity contribution is 6.03. The molecule has 0 spiro atoms. The molecule has 0 saturated carbocycles. The molecule has 2 rings (SSSR count). The van der Waals surface area contributed by atoms with Gasteiger partial charge < -0.3 is 15.6 Å². The number of anilines is 2. The maximum atomic E-state index is 12.1. The van der Waals surface area contributed by atoms with E-state index in [1.54, 1.807) is 23.9 Å². The number of nitrogens with one attached hydrogen (secondary N) is 1. The fourth-order valence-corrected chi connectivity index (χ4v) is 2.15. The van der Waals surface area contributed by atoms with Crippen LogP contribution in [-0.4, -0.2) is 10.5 Å². The minimum absolute atomic E-state index is 0.148. The van der Waals surface area contributed by atoms with Crippen molar-refractivity contribution in [2.75, 3.05) is 11.1 Å². The summed E-state index contributed by atoms with van der Waals surface area (Å²) < 4.78 is 1.72. The van der Waals surface area contributed by atoms with Crippen molar-refractivity contribution in [3.8, 4) is 0 Å². The topological polar surface area (TPSA) is 60.1 Å². The van der Waals surface area contributed by atoms with Crippen molar-refractivity contribution in [3.63, 3.8) is 0 Å². The van der Waals surface area contributed by atoms with Crippen molar-refractivity contribution in [1.82, 2.24) is 4.57 Å². The molecule has 0 atom stereocenters. The number of amides is 1. The lowest BCUT2D eigenvalue weighted by molar-refractivity contribution is 0.101. The quantitative estimate of drug-likeness (QED) is 0.877. The molecule has 1 amide bonds. The Kier molecular flexibility index (Phi) is 4.45. The van der Waals surface area contributed by atoms with Crippen molar-refractivity contribution in [2.24, 2.45) is 7.05 Å². The van der Waals surface area contributed by atoms with Crippen molar-refractivity contribution in [1.29, 1.82) is 0 Å². The highest BCUT2D eigenvalue weighted by Gasteiger charge is 2.10. The Labute approximate surface area is 119 Å². The largest absolute Gasteiger partial charge is 0.397 e. The number of nitrogen functional groups attached to an aromatic ring is 1. The third kappa shape index (κ3) is 3.41. The van der Waals surface area contributed by atoms with Gasteiger partial charge in [-0.05, 0) is 36.6 Å². The van der Waals surface area contributed by atoms with E-state index in [-0.39, 0.29) is 5.91 Å². The van der Waals surface area contributed by atoms with Crippen LogP contribution in [0, 0.1) is 0 Å². The van der Waals surface area contributed by atoms with Crippen LogP contribution in [0.2, 0.25) is 0 Å². The summed E-state index contributed by atoms with van der Waals surface area (Å²) in [5, 5.41) is 2.88. The molecule has 20 heavy (non-hydrogen) atoms. The SMILES string of the molecule is CCCCc1ccc(NC(=O)c2cc(N)cn2C)cc1. The van der Waals surface area contributed by atoms with Crippen LogP contribution >= 0.6 is 0 Å². The van der Waals surface area contributed by atoms with Gasteiger partial charge in [0.1, 0.15) is 5.69 Å². The van der Waals surface area contributed by atoms with Crippen LogP contribution in [0.15, 0.2) is 36.5 Å². The Morgan fingerprint density at radius 2 is 2.00 bits per heavy atom. The first-order chi connectivity index (χ1) is 9.60. The second-order valence-electron chi connectivity index (χ2n) is 5.02. The van der Waals surface area contributed by atoms with E-state index in [0.717, 1.165) is 12.1 Å². The van der Waals surface area contributed by atoms with E-state index in [0.29, 0.717) is 11.4 Å². The first-order valence-electron chi connectivity index (χ1n) is 6.92. The van der Waals surface area contributed by atoms with E-state index in [1.165, 1.54) is 18.4 Å². The maximum absolute atomic E-state index is 12.1. The summed E-state index contributed by atoms with van der Waals surface area (Å²) in [4.78, 5) is 12.1. The van der Waals surface area contributed by atoms with Gasteiger partial charge in [-0.3, -0.25) is 4.79 Å². The Hall–Kier alpha value is -2.23. The third-order valence-corrected chi connectivity index (χ3v) is 3.29. The van der Waals surface area contributed by atoms with Gasteiger partial charge in [0, 0.05) is 18.9 Å². The molecule has 0 fully saturated rings. The summed E-state index contributed by atoms with van der Waals surface area (Å²) >= 11 is 0. The van der Waals surface area contributed by atoms with Crippen LogP contribution in [0.1, 0.15) is 35.8 Å². The Morgan fingerprint density at radius 3 is 2.55 bits per heavy atom. The first-order valence-corrected chi connectivity index (χ1v) is 6.92. The molecule has 2 aromatic rings. The molecule has 1 aromatic carbocycles. The summed E-state index contributed by atoms with van der Waals surface area (Å²) in [5.41, 5.74) is 8.92. The lowest BCUT2D eigenvalue weighted by Gasteiger charge is -2.07. The van der Waals surface area contributed by atoms with E-state index in [9.17, 15) is 4.79 Å². The average molecular weight is 271 g/mol. The molecule has 0 unspecified atom stereocenters. The van der Waals surface area contributed by atoms with Gasteiger partial charge in [0.25, 0.3) is 5.91 Å². The van der Waals surface area contributed by atoms with E-state index < -0.39 is 0 Å². The number of rotatable bonds is 5. The minimum atomic E-state index is -0.148. The maximum Gasteiger partial charge on any atom is 0.272 e. The molecule has 106 valence electrons. The zero-order valence-corrected chi connectivity index (χ0v) is 12.0. The van der Waals surface area contributed by atoms with Crippen LogP contribution in [0.3, 0.4) is 0 Å². The Bertz CT molecular complexity index is 584. The normalized spacial score (nSPS) is 10.5. The second-order valence-corrected chi connectivity index (χ2v) is 5.02. The molecule has 1 heterocycles. The number of hydrogen-bond donors (Lipinski definition) is 2. The van der Waals surface area contributed by atoms with Gasteiger partial charge in [0.15, 0.2) is 0 Å². The van der Waals surface area contributed by atoms with Crippen LogP contribution in [-0.2, 0) is 13.5 Å². The number of carbonyl (C=O) groups is 1. The van der Waals surface area contributed by atoms with Crippen molar-refractivity contribution < 1.29 is 4.79 Å². The molecule has 0 bridgehead atoms. The average Bonchev–Trinajstić information content (AvgIpc) is 2.77. The summed E-state index contributed by atoms with van der Waals surface area (Å²) in [5.74, 6) is -0.148. The van der Waals surface area contributed by atoms with Gasteiger partial charge in [-0.15, -0.1) is 0 Å². The predicted octanol–water partition coefficient (Wildman–Crippen LogP) is 3.20. The monoisotopic (exact) mass is 271 g/mol. The van der Waals surface area contributed by atoms with Crippen LogP contribution in [0.25, 0.3) is 0 Å². The molecule has 0 aliphatic rings. The highest BCUT2D eigenvalue weighted by Crippen LogP contribution is 2.14. The lowest BCUT2D eigenvalue weighted by Crippen LogP contribution is -2.15. The summed E-state index contributed by atoms with van der Waals surface area (Å²) in [6.07, 6.45) is 5.18. The molecule has 0 saturated heterocycles. The number of nitrogens with zero attached hydrogens (tertiary/aromatic N) is 1. The van der Waals surface area contributed by atoms with Gasteiger partial charge in [-0.1, -0.05) is 25.5 Å². The molecule has 4 heteroatoms. The number of carbonyl (C=O) groups excluding carboxylic acids is 1. The minimum Gasteiger partial charge on any atom is -0.397 e. The van der Waals surface area contributed by atoms with Gasteiger partial charge in [-0.25, -0.2) is 0 Å². The molecule has 0 aliphatic heterocycles. The van der Waals surface area contributed by atoms with Crippen LogP contribution < -0.4 is 11.1 Å². The number of hydrogen-bond acceptors (Lipinski definition) is 2. The molecule has 4 nitrogen and oxygen atoms in total. The lowest BCUT2D eigenvalue weighted by atomic mass is 10.1.